The van der Waals surface area contributed by atoms with Crippen LogP contribution in [0.5, 0.6) is 17.2 Å². The topological polar surface area (TPSA) is 85.8 Å². The number of nitrogens with zero attached hydrogens (tertiary/aromatic N) is 3. The van der Waals surface area contributed by atoms with Crippen molar-refractivity contribution >= 4 is 22.9 Å². The van der Waals surface area contributed by atoms with Crippen molar-refractivity contribution < 1.29 is 19.0 Å². The number of nitrogens with one attached hydrogen (secondary N) is 1. The molecule has 0 atom stereocenters. The maximum Gasteiger partial charge on any atom is 0.238 e. The van der Waals surface area contributed by atoms with Gasteiger partial charge in [-0.2, -0.15) is 0 Å². The quantitative estimate of drug-likeness (QED) is 0.609. The Bertz CT molecular complexity index is 1110. The maximum atomic E-state index is 12.5. The molecule has 0 bridgehead atoms. The molecule has 0 spiro atoms. The normalized spacial score (nSPS) is 16.2. The summed E-state index contributed by atoms with van der Waals surface area (Å²) < 4.78 is 16.1. The third-order valence-corrected chi connectivity index (χ3v) is 6.86. The third-order valence-electron chi connectivity index (χ3n) is 5.74. The molecule has 1 N–H and O–H groups in total. The van der Waals surface area contributed by atoms with E-state index >= 15 is 0 Å². The van der Waals surface area contributed by atoms with Crippen LogP contribution < -0.4 is 19.5 Å². The van der Waals surface area contributed by atoms with Gasteiger partial charge in [0.1, 0.15) is 10.8 Å². The number of anilines is 1. The zero-order valence-corrected chi connectivity index (χ0v) is 18.6. The number of hydrogen-bond donors (Lipinski definition) is 1. The highest BCUT2D eigenvalue weighted by atomic mass is 32.1. The first-order chi connectivity index (χ1) is 15.7. The summed E-state index contributed by atoms with van der Waals surface area (Å²) in [5.41, 5.74) is 1.68. The van der Waals surface area contributed by atoms with Crippen molar-refractivity contribution in [1.29, 1.82) is 0 Å². The molecule has 1 aromatic heterocycles. The Balaban J connectivity index is 1.14. The van der Waals surface area contributed by atoms with Gasteiger partial charge in [-0.3, -0.25) is 9.69 Å². The molecule has 2 aromatic carbocycles. The molecule has 0 unspecified atom stereocenters. The van der Waals surface area contributed by atoms with Gasteiger partial charge in [0.05, 0.1) is 19.2 Å². The number of carbonyl (C=O) groups excluding carboxylic acids is 1. The minimum atomic E-state index is -0.0308. The van der Waals surface area contributed by atoms with Gasteiger partial charge in [0.2, 0.25) is 12.7 Å². The van der Waals surface area contributed by atoms with Crippen molar-refractivity contribution in [3.8, 4) is 27.8 Å². The highest BCUT2D eigenvalue weighted by Gasteiger charge is 2.25. The lowest BCUT2D eigenvalue weighted by molar-refractivity contribution is -0.117. The average molecular weight is 453 g/mol. The fourth-order valence-electron chi connectivity index (χ4n) is 4.05. The van der Waals surface area contributed by atoms with E-state index in [9.17, 15) is 4.79 Å². The molecule has 9 heteroatoms. The summed E-state index contributed by atoms with van der Waals surface area (Å²) in [6, 6.07) is 13.3. The van der Waals surface area contributed by atoms with Gasteiger partial charge in [-0.25, -0.2) is 0 Å². The van der Waals surface area contributed by atoms with Crippen molar-refractivity contribution in [2.75, 3.05) is 38.9 Å². The monoisotopic (exact) mass is 452 g/mol. The largest absolute Gasteiger partial charge is 0.496 e. The summed E-state index contributed by atoms with van der Waals surface area (Å²) >= 11 is 1.63. The Morgan fingerprint density at radius 1 is 1.16 bits per heavy atom. The average Bonchev–Trinajstić information content (AvgIpc) is 3.49. The number of ether oxygens (including phenoxy) is 3. The molecule has 3 aromatic rings. The minimum Gasteiger partial charge on any atom is -0.496 e. The molecule has 0 saturated carbocycles. The first-order valence-electron chi connectivity index (χ1n) is 10.6. The molecule has 5 rings (SSSR count). The number of methoxy groups -OCH3 is 1. The van der Waals surface area contributed by atoms with Crippen LogP contribution in [0.3, 0.4) is 0 Å². The van der Waals surface area contributed by atoms with Gasteiger partial charge in [-0.1, -0.05) is 23.5 Å². The summed E-state index contributed by atoms with van der Waals surface area (Å²) in [6.45, 7) is 2.28. The van der Waals surface area contributed by atoms with Crippen molar-refractivity contribution in [2.45, 2.75) is 18.8 Å². The second-order valence-corrected chi connectivity index (χ2v) is 8.82. The van der Waals surface area contributed by atoms with Crippen LogP contribution in [0.4, 0.5) is 5.69 Å². The maximum absolute atomic E-state index is 12.5. The Morgan fingerprint density at radius 3 is 2.81 bits per heavy atom. The zero-order valence-electron chi connectivity index (χ0n) is 17.7. The summed E-state index contributed by atoms with van der Waals surface area (Å²) in [5.74, 6) is 2.50. The van der Waals surface area contributed by atoms with Crippen LogP contribution in [-0.2, 0) is 4.79 Å². The lowest BCUT2D eigenvalue weighted by Crippen LogP contribution is -2.38. The molecule has 1 amide bonds. The van der Waals surface area contributed by atoms with Crippen LogP contribution in [0, 0.1) is 0 Å². The van der Waals surface area contributed by atoms with Crippen LogP contribution >= 0.6 is 11.3 Å². The SMILES string of the molecule is COc1ccccc1-c1nnc(C2CCN(CC(=O)Nc3ccc4c(c3)OCO4)CC2)s1. The van der Waals surface area contributed by atoms with E-state index in [0.717, 1.165) is 47.3 Å². The van der Waals surface area contributed by atoms with Gasteiger partial charge in [0.25, 0.3) is 0 Å². The van der Waals surface area contributed by atoms with E-state index < -0.39 is 0 Å². The number of benzene rings is 2. The number of carbonyl (C=O) groups is 1. The summed E-state index contributed by atoms with van der Waals surface area (Å²) in [6.07, 6.45) is 1.91. The standard InChI is InChI=1S/C23H24N4O4S/c1-29-18-5-3-2-4-17(18)23-26-25-22(32-23)15-8-10-27(11-9-15)13-21(28)24-16-6-7-19-20(12-16)31-14-30-19/h2-7,12,15H,8-11,13-14H2,1H3,(H,24,28). The highest BCUT2D eigenvalue weighted by Crippen LogP contribution is 2.37. The van der Waals surface area contributed by atoms with E-state index in [1.54, 1.807) is 24.5 Å². The van der Waals surface area contributed by atoms with Crippen molar-refractivity contribution in [2.24, 2.45) is 0 Å². The van der Waals surface area contributed by atoms with Crippen LogP contribution in [0.1, 0.15) is 23.8 Å². The number of piperidine rings is 1. The molecule has 32 heavy (non-hydrogen) atoms. The fourth-order valence-corrected chi connectivity index (χ4v) is 5.09. The van der Waals surface area contributed by atoms with Gasteiger partial charge in [0, 0.05) is 17.7 Å². The van der Waals surface area contributed by atoms with Crippen LogP contribution in [0.15, 0.2) is 42.5 Å². The smallest absolute Gasteiger partial charge is 0.238 e. The van der Waals surface area contributed by atoms with Gasteiger partial charge in [-0.05, 0) is 50.2 Å². The Morgan fingerprint density at radius 2 is 1.97 bits per heavy atom. The molecule has 0 radical (unpaired) electrons. The summed E-state index contributed by atoms with van der Waals surface area (Å²) in [4.78, 5) is 14.7. The van der Waals surface area contributed by atoms with E-state index in [-0.39, 0.29) is 12.7 Å². The molecule has 1 saturated heterocycles. The second kappa shape index (κ2) is 9.13. The third kappa shape index (κ3) is 4.39. The van der Waals surface area contributed by atoms with E-state index in [0.29, 0.717) is 29.6 Å². The molecule has 3 heterocycles. The van der Waals surface area contributed by atoms with Crippen LogP contribution in [-0.4, -0.2) is 54.5 Å². The van der Waals surface area contributed by atoms with Crippen LogP contribution in [0.2, 0.25) is 0 Å². The molecular weight excluding hydrogens is 428 g/mol. The fraction of sp³-hybridized carbons (Fsp3) is 0.348. The van der Waals surface area contributed by atoms with Gasteiger partial charge in [0.15, 0.2) is 16.5 Å². The molecule has 8 nitrogen and oxygen atoms in total. The number of amides is 1. The molecule has 2 aliphatic rings. The molecule has 166 valence electrons. The van der Waals surface area contributed by atoms with E-state index in [1.165, 1.54) is 0 Å². The van der Waals surface area contributed by atoms with Crippen molar-refractivity contribution in [1.82, 2.24) is 15.1 Å². The molecule has 0 aliphatic carbocycles. The zero-order chi connectivity index (χ0) is 21.9. The second-order valence-electron chi connectivity index (χ2n) is 7.81. The van der Waals surface area contributed by atoms with Crippen LogP contribution in [0.25, 0.3) is 10.6 Å². The number of aromatic nitrogens is 2. The molecule has 2 aliphatic heterocycles. The predicted molar refractivity (Wildman–Crippen MR) is 122 cm³/mol. The Labute approximate surface area is 190 Å². The Kier molecular flexibility index (Phi) is 5.91. The molecular formula is C23H24N4O4S. The molecule has 1 fully saturated rings. The number of hydrogen-bond acceptors (Lipinski definition) is 8. The minimum absolute atomic E-state index is 0.0308. The van der Waals surface area contributed by atoms with E-state index in [1.807, 2.05) is 36.4 Å². The van der Waals surface area contributed by atoms with Crippen molar-refractivity contribution in [3.63, 3.8) is 0 Å². The van der Waals surface area contributed by atoms with Gasteiger partial charge >= 0.3 is 0 Å². The number of fused-ring (bicyclic) bond motifs is 1. The number of likely N-dealkylation sites (tertiary alicyclic amines) is 1. The van der Waals surface area contributed by atoms with E-state index in [2.05, 4.69) is 20.4 Å². The lowest BCUT2D eigenvalue weighted by Gasteiger charge is -2.30. The van der Waals surface area contributed by atoms with Gasteiger partial charge in [-0.15, -0.1) is 10.2 Å². The number of para-hydroxylation sites is 1. The number of rotatable bonds is 6. The highest BCUT2D eigenvalue weighted by molar-refractivity contribution is 7.14. The first-order valence-corrected chi connectivity index (χ1v) is 11.4. The lowest BCUT2D eigenvalue weighted by atomic mass is 9.98. The van der Waals surface area contributed by atoms with E-state index in [4.69, 9.17) is 14.2 Å². The van der Waals surface area contributed by atoms with Crippen molar-refractivity contribution in [3.05, 3.63) is 47.5 Å². The van der Waals surface area contributed by atoms with Gasteiger partial charge < -0.3 is 19.5 Å². The summed E-state index contributed by atoms with van der Waals surface area (Å²) in [7, 11) is 1.67. The predicted octanol–water partition coefficient (Wildman–Crippen LogP) is 3.76. The first kappa shape index (κ1) is 20.7. The summed E-state index contributed by atoms with van der Waals surface area (Å²) in [5, 5.41) is 13.7. The Hall–Kier alpha value is -3.17.